The quantitative estimate of drug-likeness (QED) is 0.824. The van der Waals surface area contributed by atoms with E-state index in [2.05, 4.69) is 35.9 Å². The van der Waals surface area contributed by atoms with Crippen molar-refractivity contribution in [1.82, 2.24) is 15.1 Å². The Kier molecular flexibility index (Phi) is 5.05. The molecule has 0 radical (unpaired) electrons. The van der Waals surface area contributed by atoms with E-state index in [1.165, 1.54) is 65.1 Å². The van der Waals surface area contributed by atoms with Crippen LogP contribution in [0.15, 0.2) is 0 Å². The van der Waals surface area contributed by atoms with Crippen LogP contribution in [0.25, 0.3) is 0 Å². The molecule has 0 aliphatic carbocycles. The van der Waals surface area contributed by atoms with Gasteiger partial charge in [0, 0.05) is 45.3 Å². The summed E-state index contributed by atoms with van der Waals surface area (Å²) in [5.74, 6) is 0. The first kappa shape index (κ1) is 14.3. The van der Waals surface area contributed by atoms with Crippen LogP contribution in [-0.2, 0) is 0 Å². The van der Waals surface area contributed by atoms with E-state index < -0.39 is 0 Å². The van der Waals surface area contributed by atoms with E-state index in [9.17, 15) is 0 Å². The van der Waals surface area contributed by atoms with Gasteiger partial charge in [-0.05, 0) is 38.1 Å². The molecule has 2 saturated heterocycles. The Morgan fingerprint density at radius 3 is 2.50 bits per heavy atom. The van der Waals surface area contributed by atoms with Crippen molar-refractivity contribution in [1.29, 1.82) is 0 Å². The molecule has 0 saturated carbocycles. The van der Waals surface area contributed by atoms with Crippen LogP contribution in [0.1, 0.15) is 40.0 Å². The second-order valence-corrected chi connectivity index (χ2v) is 6.66. The van der Waals surface area contributed by atoms with Crippen molar-refractivity contribution < 1.29 is 0 Å². The molecule has 3 nitrogen and oxygen atoms in total. The largest absolute Gasteiger partial charge is 0.316 e. The van der Waals surface area contributed by atoms with Gasteiger partial charge in [-0.1, -0.05) is 13.8 Å². The van der Waals surface area contributed by atoms with Gasteiger partial charge in [-0.2, -0.15) is 0 Å². The van der Waals surface area contributed by atoms with Gasteiger partial charge in [-0.15, -0.1) is 0 Å². The van der Waals surface area contributed by atoms with Crippen LogP contribution in [0.2, 0.25) is 0 Å². The number of hydrogen-bond acceptors (Lipinski definition) is 3. The second-order valence-electron chi connectivity index (χ2n) is 6.66. The number of nitrogens with one attached hydrogen (secondary N) is 1. The zero-order valence-electron chi connectivity index (χ0n) is 12.5. The number of piperidine rings is 1. The van der Waals surface area contributed by atoms with Gasteiger partial charge >= 0.3 is 0 Å². The highest BCUT2D eigenvalue weighted by Crippen LogP contribution is 2.27. The van der Waals surface area contributed by atoms with Gasteiger partial charge in [0.05, 0.1) is 0 Å². The third-order valence-electron chi connectivity index (χ3n) is 4.91. The molecular formula is C15H31N3. The number of rotatable bonds is 4. The van der Waals surface area contributed by atoms with Crippen molar-refractivity contribution >= 4 is 0 Å². The average Bonchev–Trinajstić information content (AvgIpc) is 2.39. The van der Waals surface area contributed by atoms with Gasteiger partial charge < -0.3 is 10.2 Å². The minimum atomic E-state index is 0.511. The molecule has 0 spiro atoms. The SMILES string of the molecule is CCC(C)N1CCN(CC2(C)CCCNC2)CC1. The first-order valence-corrected chi connectivity index (χ1v) is 7.80. The zero-order chi connectivity index (χ0) is 13.0. The van der Waals surface area contributed by atoms with Gasteiger partial charge in [0.2, 0.25) is 0 Å². The Balaban J connectivity index is 1.76. The highest BCUT2D eigenvalue weighted by atomic mass is 15.3. The third-order valence-corrected chi connectivity index (χ3v) is 4.91. The van der Waals surface area contributed by atoms with E-state index in [0.717, 1.165) is 6.04 Å². The minimum Gasteiger partial charge on any atom is -0.316 e. The lowest BCUT2D eigenvalue weighted by molar-refractivity contribution is 0.0619. The molecule has 1 N–H and O–H groups in total. The first-order chi connectivity index (χ1) is 8.63. The summed E-state index contributed by atoms with van der Waals surface area (Å²) < 4.78 is 0. The fourth-order valence-corrected chi connectivity index (χ4v) is 3.41. The van der Waals surface area contributed by atoms with E-state index >= 15 is 0 Å². The lowest BCUT2D eigenvalue weighted by Gasteiger charge is -2.43. The summed E-state index contributed by atoms with van der Waals surface area (Å²) in [6.45, 7) is 15.9. The monoisotopic (exact) mass is 253 g/mol. The maximum absolute atomic E-state index is 3.56. The zero-order valence-corrected chi connectivity index (χ0v) is 12.5. The summed E-state index contributed by atoms with van der Waals surface area (Å²) in [5, 5.41) is 3.56. The molecule has 0 aromatic rings. The van der Waals surface area contributed by atoms with E-state index in [0.29, 0.717) is 5.41 Å². The summed E-state index contributed by atoms with van der Waals surface area (Å²) >= 11 is 0. The molecule has 0 amide bonds. The summed E-state index contributed by atoms with van der Waals surface area (Å²) in [6.07, 6.45) is 4.02. The van der Waals surface area contributed by atoms with Crippen LogP contribution >= 0.6 is 0 Å². The Morgan fingerprint density at radius 1 is 1.22 bits per heavy atom. The second kappa shape index (κ2) is 6.36. The normalized spacial score (nSPS) is 33.5. The molecule has 2 heterocycles. The van der Waals surface area contributed by atoms with Crippen molar-refractivity contribution in [3.63, 3.8) is 0 Å². The number of piperazine rings is 1. The molecule has 0 bridgehead atoms. The van der Waals surface area contributed by atoms with Gasteiger partial charge in [0.1, 0.15) is 0 Å². The van der Waals surface area contributed by atoms with Crippen LogP contribution < -0.4 is 5.32 Å². The van der Waals surface area contributed by atoms with Crippen LogP contribution in [0, 0.1) is 5.41 Å². The summed E-state index contributed by atoms with van der Waals surface area (Å²) in [4.78, 5) is 5.34. The Labute approximate surface area is 113 Å². The fraction of sp³-hybridized carbons (Fsp3) is 1.00. The van der Waals surface area contributed by atoms with Crippen molar-refractivity contribution in [2.75, 3.05) is 45.8 Å². The lowest BCUT2D eigenvalue weighted by Crippen LogP contribution is -2.53. The topological polar surface area (TPSA) is 18.5 Å². The van der Waals surface area contributed by atoms with Crippen LogP contribution in [0.4, 0.5) is 0 Å². The van der Waals surface area contributed by atoms with Gasteiger partial charge in [-0.3, -0.25) is 4.90 Å². The first-order valence-electron chi connectivity index (χ1n) is 7.80. The van der Waals surface area contributed by atoms with E-state index in [1.54, 1.807) is 0 Å². The molecule has 106 valence electrons. The van der Waals surface area contributed by atoms with Crippen LogP contribution in [-0.4, -0.2) is 61.7 Å². The third kappa shape index (κ3) is 3.69. The molecule has 18 heavy (non-hydrogen) atoms. The smallest absolute Gasteiger partial charge is 0.0113 e. The maximum Gasteiger partial charge on any atom is 0.0113 e. The van der Waals surface area contributed by atoms with Gasteiger partial charge in [0.25, 0.3) is 0 Å². The summed E-state index contributed by atoms with van der Waals surface area (Å²) in [7, 11) is 0. The standard InChI is InChI=1S/C15H31N3/c1-4-14(2)18-10-8-17(9-11-18)13-15(3)6-5-7-16-12-15/h14,16H,4-13H2,1-3H3. The molecule has 2 rings (SSSR count). The molecule has 2 aliphatic rings. The average molecular weight is 253 g/mol. The molecule has 0 aromatic carbocycles. The predicted octanol–water partition coefficient (Wildman–Crippen LogP) is 1.79. The van der Waals surface area contributed by atoms with E-state index in [1.807, 2.05) is 0 Å². The van der Waals surface area contributed by atoms with Crippen LogP contribution in [0.5, 0.6) is 0 Å². The van der Waals surface area contributed by atoms with Gasteiger partial charge in [-0.25, -0.2) is 0 Å². The Morgan fingerprint density at radius 2 is 1.94 bits per heavy atom. The Bertz CT molecular complexity index is 240. The highest BCUT2D eigenvalue weighted by Gasteiger charge is 2.30. The van der Waals surface area contributed by atoms with Crippen molar-refractivity contribution in [3.05, 3.63) is 0 Å². The molecular weight excluding hydrogens is 222 g/mol. The minimum absolute atomic E-state index is 0.511. The lowest BCUT2D eigenvalue weighted by atomic mass is 9.82. The van der Waals surface area contributed by atoms with Gasteiger partial charge in [0.15, 0.2) is 0 Å². The molecule has 2 fully saturated rings. The molecule has 2 aliphatic heterocycles. The molecule has 2 unspecified atom stereocenters. The molecule has 0 aromatic heterocycles. The number of nitrogens with zero attached hydrogens (tertiary/aromatic N) is 2. The summed E-state index contributed by atoms with van der Waals surface area (Å²) in [5.41, 5.74) is 0.511. The maximum atomic E-state index is 3.56. The predicted molar refractivity (Wildman–Crippen MR) is 78.0 cm³/mol. The van der Waals surface area contributed by atoms with Crippen LogP contribution in [0.3, 0.4) is 0 Å². The van der Waals surface area contributed by atoms with Crippen molar-refractivity contribution in [3.8, 4) is 0 Å². The number of hydrogen-bond donors (Lipinski definition) is 1. The highest BCUT2D eigenvalue weighted by molar-refractivity contribution is 4.86. The van der Waals surface area contributed by atoms with Crippen molar-refractivity contribution in [2.45, 2.75) is 46.1 Å². The van der Waals surface area contributed by atoms with E-state index in [-0.39, 0.29) is 0 Å². The van der Waals surface area contributed by atoms with E-state index in [4.69, 9.17) is 0 Å². The van der Waals surface area contributed by atoms with Crippen molar-refractivity contribution in [2.24, 2.45) is 5.41 Å². The molecule has 2 atom stereocenters. The molecule has 3 heteroatoms. The summed E-state index contributed by atoms with van der Waals surface area (Å²) in [6, 6.07) is 0.763. The fourth-order valence-electron chi connectivity index (χ4n) is 3.41. The Hall–Kier alpha value is -0.120.